The molecule has 0 aromatic heterocycles. The highest BCUT2D eigenvalue weighted by Gasteiger charge is 2.24. The molecule has 0 aliphatic carbocycles. The summed E-state index contributed by atoms with van der Waals surface area (Å²) < 4.78 is 0. The number of anilines is 1. The van der Waals surface area contributed by atoms with E-state index >= 15 is 0 Å². The topological polar surface area (TPSA) is 32.3 Å². The van der Waals surface area contributed by atoms with Crippen molar-refractivity contribution < 1.29 is 4.79 Å². The van der Waals surface area contributed by atoms with E-state index in [9.17, 15) is 4.79 Å². The van der Waals surface area contributed by atoms with Crippen LogP contribution in [-0.2, 0) is 4.79 Å². The molecule has 1 heterocycles. The molecule has 13 heavy (non-hydrogen) atoms. The molecule has 0 atom stereocenters. The van der Waals surface area contributed by atoms with Gasteiger partial charge in [-0.3, -0.25) is 10.2 Å². The predicted molar refractivity (Wildman–Crippen MR) is 54.3 cm³/mol. The average Bonchev–Trinajstić information content (AvgIpc) is 2.47. The Morgan fingerprint density at radius 2 is 2.00 bits per heavy atom. The van der Waals surface area contributed by atoms with Gasteiger partial charge in [0.25, 0.3) is 5.91 Å². The van der Waals surface area contributed by atoms with Crippen molar-refractivity contribution >= 4 is 28.8 Å². The van der Waals surface area contributed by atoms with Crippen LogP contribution in [0.1, 0.15) is 6.42 Å². The van der Waals surface area contributed by atoms with Crippen molar-refractivity contribution in [2.24, 2.45) is 0 Å². The zero-order valence-corrected chi connectivity index (χ0v) is 7.67. The first kappa shape index (κ1) is 8.19. The first-order valence-corrected chi connectivity index (χ1v) is 4.36. The second-order valence-corrected chi connectivity index (χ2v) is 3.27. The number of carbonyl (C=O) groups excluding carboxylic acids is 1. The van der Waals surface area contributed by atoms with Gasteiger partial charge >= 0.3 is 0 Å². The second-order valence-electron chi connectivity index (χ2n) is 2.78. The lowest BCUT2D eigenvalue weighted by atomic mass is 10.3. The third kappa shape index (κ3) is 1.53. The summed E-state index contributed by atoms with van der Waals surface area (Å²) in [7, 11) is 0. The number of nitrogens with one attached hydrogen (secondary N) is 1. The minimum atomic E-state index is -0.00352. The summed E-state index contributed by atoms with van der Waals surface area (Å²) in [5.41, 5.74) is 3.66. The summed E-state index contributed by atoms with van der Waals surface area (Å²) in [5.74, 6) is -0.00352. The van der Waals surface area contributed by atoms with E-state index < -0.39 is 0 Å². The van der Waals surface area contributed by atoms with Crippen LogP contribution >= 0.6 is 12.2 Å². The Labute approximate surface area is 81.3 Å². The van der Waals surface area contributed by atoms with Crippen molar-refractivity contribution in [2.75, 3.05) is 5.01 Å². The van der Waals surface area contributed by atoms with Crippen LogP contribution in [0.25, 0.3) is 0 Å². The van der Waals surface area contributed by atoms with Gasteiger partial charge in [-0.25, -0.2) is 5.01 Å². The van der Waals surface area contributed by atoms with Gasteiger partial charge in [0, 0.05) is 0 Å². The van der Waals surface area contributed by atoms with Gasteiger partial charge in [0.15, 0.2) is 0 Å². The normalized spacial score (nSPS) is 16.2. The molecule has 0 unspecified atom stereocenters. The fraction of sp³-hybridized carbons (Fsp3) is 0.111. The summed E-state index contributed by atoms with van der Waals surface area (Å²) in [6.45, 7) is 0. The highest BCUT2D eigenvalue weighted by atomic mass is 32.1. The SMILES string of the molecule is O=C1CC(=S)NN1c1ccccc1. The van der Waals surface area contributed by atoms with Gasteiger partial charge in [-0.15, -0.1) is 0 Å². The Hall–Kier alpha value is -1.42. The Morgan fingerprint density at radius 1 is 1.31 bits per heavy atom. The van der Waals surface area contributed by atoms with E-state index in [1.54, 1.807) is 0 Å². The number of amides is 1. The lowest BCUT2D eigenvalue weighted by Gasteiger charge is -2.15. The lowest BCUT2D eigenvalue weighted by molar-refractivity contribution is -0.116. The molecule has 3 nitrogen and oxygen atoms in total. The number of benzene rings is 1. The summed E-state index contributed by atoms with van der Waals surface area (Å²) in [5, 5.41) is 1.47. The van der Waals surface area contributed by atoms with Gasteiger partial charge in [-0.05, 0) is 12.1 Å². The maximum absolute atomic E-state index is 11.4. The molecule has 66 valence electrons. The largest absolute Gasteiger partial charge is 0.284 e. The number of hydrogen-bond acceptors (Lipinski definition) is 2. The van der Waals surface area contributed by atoms with E-state index in [1.165, 1.54) is 5.01 Å². The van der Waals surface area contributed by atoms with E-state index in [1.807, 2.05) is 30.3 Å². The fourth-order valence-corrected chi connectivity index (χ4v) is 1.44. The third-order valence-electron chi connectivity index (χ3n) is 1.81. The van der Waals surface area contributed by atoms with Gasteiger partial charge in [-0.2, -0.15) is 0 Å². The van der Waals surface area contributed by atoms with Crippen LogP contribution in [0.4, 0.5) is 5.69 Å². The quantitative estimate of drug-likeness (QED) is 0.680. The molecule has 0 radical (unpaired) electrons. The zero-order valence-electron chi connectivity index (χ0n) is 6.86. The second kappa shape index (κ2) is 3.14. The smallest absolute Gasteiger partial charge is 0.252 e. The maximum Gasteiger partial charge on any atom is 0.252 e. The van der Waals surface area contributed by atoms with Crippen molar-refractivity contribution in [3.05, 3.63) is 30.3 Å². The van der Waals surface area contributed by atoms with Gasteiger partial charge in [-0.1, -0.05) is 30.4 Å². The molecule has 1 saturated heterocycles. The van der Waals surface area contributed by atoms with E-state index in [4.69, 9.17) is 12.2 Å². The molecule has 0 bridgehead atoms. The number of hydrazine groups is 1. The Morgan fingerprint density at radius 3 is 2.54 bits per heavy atom. The number of carbonyl (C=O) groups is 1. The van der Waals surface area contributed by atoms with Crippen molar-refractivity contribution in [3.8, 4) is 0 Å². The first-order chi connectivity index (χ1) is 6.27. The number of para-hydroxylation sites is 1. The van der Waals surface area contributed by atoms with Gasteiger partial charge < -0.3 is 0 Å². The monoisotopic (exact) mass is 192 g/mol. The summed E-state index contributed by atoms with van der Waals surface area (Å²) >= 11 is 4.90. The molecule has 1 amide bonds. The molecule has 1 aromatic rings. The zero-order chi connectivity index (χ0) is 9.26. The first-order valence-electron chi connectivity index (χ1n) is 3.95. The molecule has 4 heteroatoms. The standard InChI is InChI=1S/C9H8N2OS/c12-9-6-8(13)10-11(9)7-4-2-1-3-5-7/h1-5H,6H2,(H,10,13). The number of rotatable bonds is 1. The molecule has 1 fully saturated rings. The van der Waals surface area contributed by atoms with Crippen molar-refractivity contribution in [1.29, 1.82) is 0 Å². The molecule has 1 aliphatic heterocycles. The minimum Gasteiger partial charge on any atom is -0.284 e. The Balaban J connectivity index is 2.28. The van der Waals surface area contributed by atoms with Crippen LogP contribution in [0, 0.1) is 0 Å². The molecule has 1 N–H and O–H groups in total. The maximum atomic E-state index is 11.4. The highest BCUT2D eigenvalue weighted by Crippen LogP contribution is 2.15. The number of hydrogen-bond donors (Lipinski definition) is 1. The van der Waals surface area contributed by atoms with E-state index in [-0.39, 0.29) is 5.91 Å². The van der Waals surface area contributed by atoms with Crippen molar-refractivity contribution in [3.63, 3.8) is 0 Å². The van der Waals surface area contributed by atoms with E-state index in [2.05, 4.69) is 5.43 Å². The average molecular weight is 192 g/mol. The van der Waals surface area contributed by atoms with Crippen LogP contribution in [0.3, 0.4) is 0 Å². The minimum absolute atomic E-state index is 0.00352. The summed E-state index contributed by atoms with van der Waals surface area (Å²) in [6, 6.07) is 9.39. The molecule has 1 aliphatic rings. The molecule has 1 aromatic carbocycles. The Bertz CT molecular complexity index is 350. The third-order valence-corrected chi connectivity index (χ3v) is 2.05. The summed E-state index contributed by atoms with van der Waals surface area (Å²) in [4.78, 5) is 11.9. The predicted octanol–water partition coefficient (Wildman–Crippen LogP) is 1.26. The van der Waals surface area contributed by atoms with Gasteiger partial charge in [0.05, 0.1) is 12.1 Å². The van der Waals surface area contributed by atoms with E-state index in [0.29, 0.717) is 11.4 Å². The van der Waals surface area contributed by atoms with Crippen LogP contribution in [-0.4, -0.2) is 10.9 Å². The van der Waals surface area contributed by atoms with Crippen LogP contribution in [0.15, 0.2) is 30.3 Å². The van der Waals surface area contributed by atoms with Crippen molar-refractivity contribution in [1.82, 2.24) is 5.43 Å². The number of thiocarbonyl (C=S) groups is 1. The van der Waals surface area contributed by atoms with E-state index in [0.717, 1.165) is 5.69 Å². The van der Waals surface area contributed by atoms with Crippen LogP contribution < -0.4 is 10.4 Å². The van der Waals surface area contributed by atoms with Gasteiger partial charge in [0.2, 0.25) is 0 Å². The summed E-state index contributed by atoms with van der Waals surface area (Å²) in [6.07, 6.45) is 0.310. The lowest BCUT2D eigenvalue weighted by Crippen LogP contribution is -2.35. The highest BCUT2D eigenvalue weighted by molar-refractivity contribution is 7.80. The fourth-order valence-electron chi connectivity index (χ4n) is 1.23. The molecule has 0 saturated carbocycles. The molecular formula is C9H8N2OS. The van der Waals surface area contributed by atoms with Crippen LogP contribution in [0.2, 0.25) is 0 Å². The molecule has 2 rings (SSSR count). The molecular weight excluding hydrogens is 184 g/mol. The molecule has 0 spiro atoms. The van der Waals surface area contributed by atoms with Gasteiger partial charge in [0.1, 0.15) is 4.99 Å². The van der Waals surface area contributed by atoms with Crippen LogP contribution in [0.5, 0.6) is 0 Å². The number of nitrogens with zero attached hydrogens (tertiary/aromatic N) is 1. The van der Waals surface area contributed by atoms with Crippen molar-refractivity contribution in [2.45, 2.75) is 6.42 Å². The Kier molecular flexibility index (Phi) is 1.98.